The van der Waals surface area contributed by atoms with Crippen molar-refractivity contribution in [1.29, 1.82) is 0 Å². The topological polar surface area (TPSA) is 164 Å². The Balaban J connectivity index is 2.67. The summed E-state index contributed by atoms with van der Waals surface area (Å²) in [6.07, 6.45) is -1.16. The number of nitrogens with two attached hydrogens (primary N) is 1. The molecule has 38 heavy (non-hydrogen) atoms. The van der Waals surface area contributed by atoms with Crippen molar-refractivity contribution >= 4 is 38.1 Å². The lowest BCUT2D eigenvalue weighted by molar-refractivity contribution is -0.187. The normalized spacial score (nSPS) is 42.0. The first kappa shape index (κ1) is 32.0. The number of rotatable bonds is 5. The van der Waals surface area contributed by atoms with Crippen LogP contribution in [-0.2, 0) is 38.2 Å². The van der Waals surface area contributed by atoms with E-state index in [9.17, 15) is 19.2 Å². The second-order valence-corrected chi connectivity index (χ2v) is 11.6. The molecule has 2 rings (SSSR count). The number of ether oxygens (including phenoxy) is 3. The Morgan fingerprint density at radius 1 is 1.13 bits per heavy atom. The van der Waals surface area contributed by atoms with Crippen molar-refractivity contribution < 1.29 is 47.5 Å². The third kappa shape index (κ3) is 6.18. The number of amidine groups is 1. The molecule has 2 aliphatic heterocycles. The highest BCUT2D eigenvalue weighted by Gasteiger charge is 2.62. The number of esters is 2. The van der Waals surface area contributed by atoms with Crippen molar-refractivity contribution in [2.45, 2.75) is 84.3 Å². The number of hydrogen-bond acceptors (Lipinski definition) is 10. The summed E-state index contributed by atoms with van der Waals surface area (Å²) in [5.74, 6) is -8.39. The fourth-order valence-corrected chi connectivity index (χ4v) is 5.90. The van der Waals surface area contributed by atoms with E-state index in [0.29, 0.717) is 0 Å². The van der Waals surface area contributed by atoms with Crippen LogP contribution in [0.3, 0.4) is 0 Å². The van der Waals surface area contributed by atoms with Gasteiger partial charge in [-0.25, -0.2) is 9.18 Å². The van der Waals surface area contributed by atoms with Crippen LogP contribution in [0, 0.1) is 29.6 Å². The van der Waals surface area contributed by atoms with Gasteiger partial charge >= 0.3 is 11.9 Å². The van der Waals surface area contributed by atoms with Gasteiger partial charge in [-0.1, -0.05) is 25.9 Å². The number of methoxy groups -OCH3 is 1. The number of cyclic esters (lactones) is 1. The summed E-state index contributed by atoms with van der Waals surface area (Å²) in [4.78, 5) is 66.8. The van der Waals surface area contributed by atoms with Crippen LogP contribution in [0.15, 0.2) is 5.16 Å². The molecule has 0 aromatic carbocycles. The molecule has 2 fully saturated rings. The maximum atomic E-state index is 15.6. The Morgan fingerprint density at radius 3 is 2.26 bits per heavy atom. The quantitative estimate of drug-likeness (QED) is 0.0966. The second kappa shape index (κ2) is 11.9. The Morgan fingerprint density at radius 2 is 1.71 bits per heavy atom. The van der Waals surface area contributed by atoms with Crippen LogP contribution in [-0.4, -0.2) is 70.7 Å². The summed E-state index contributed by atoms with van der Waals surface area (Å²) in [5.41, 5.74) is 0.487. The number of fused-ring (bicyclic) bond motifs is 1. The molecular formula is C25H40FN2O9P. The van der Waals surface area contributed by atoms with Gasteiger partial charge in [-0.3, -0.25) is 14.4 Å². The minimum absolute atomic E-state index is 0.0600. The zero-order valence-corrected chi connectivity index (χ0v) is 24.2. The Bertz CT molecular complexity index is 976. The molecule has 216 valence electrons. The summed E-state index contributed by atoms with van der Waals surface area (Å²) in [6, 6.07) is 0. The number of carbonyl (C=O) groups is 4. The molecule has 10 atom stereocenters. The van der Waals surface area contributed by atoms with Gasteiger partial charge in [0, 0.05) is 30.8 Å². The molecule has 2 saturated heterocycles. The lowest BCUT2D eigenvalue weighted by Crippen LogP contribution is -2.54. The minimum atomic E-state index is -2.98. The van der Waals surface area contributed by atoms with Crippen LogP contribution in [0.1, 0.15) is 61.3 Å². The first-order chi connectivity index (χ1) is 17.5. The SMILES string of the molecule is CO[C@]1(C)C[C@@H](C)C(=O)[C@H](C)[C@H]2[C@H](/C(N)=N/OCPO)C(=O)O[C@@]2(C)[C@H](C)OC(=O)[C@@](C)(F)C(=O)[C@H](C)C1. The first-order valence-electron chi connectivity index (χ1n) is 12.5. The number of ketones is 2. The van der Waals surface area contributed by atoms with E-state index < -0.39 is 79.1 Å². The van der Waals surface area contributed by atoms with Crippen LogP contribution in [0.5, 0.6) is 0 Å². The average molecular weight is 563 g/mol. The number of nitrogens with zero attached hydrogens (tertiary/aromatic N) is 1. The summed E-state index contributed by atoms with van der Waals surface area (Å²) < 4.78 is 32.4. The zero-order valence-electron chi connectivity index (χ0n) is 23.2. The van der Waals surface area contributed by atoms with Crippen LogP contribution in [0.2, 0.25) is 0 Å². The van der Waals surface area contributed by atoms with Crippen molar-refractivity contribution in [3.8, 4) is 0 Å². The molecule has 0 amide bonds. The predicted octanol–water partition coefficient (Wildman–Crippen LogP) is 2.27. The predicted molar refractivity (Wildman–Crippen MR) is 137 cm³/mol. The monoisotopic (exact) mass is 562 g/mol. The zero-order chi connectivity index (χ0) is 29.2. The van der Waals surface area contributed by atoms with E-state index in [1.165, 1.54) is 27.9 Å². The summed E-state index contributed by atoms with van der Waals surface area (Å²) in [5, 5.41) is 3.72. The first-order valence-corrected chi connectivity index (χ1v) is 13.7. The third-order valence-corrected chi connectivity index (χ3v) is 8.30. The van der Waals surface area contributed by atoms with Crippen molar-refractivity contribution in [1.82, 2.24) is 0 Å². The van der Waals surface area contributed by atoms with Gasteiger partial charge in [-0.15, -0.1) is 0 Å². The van der Waals surface area contributed by atoms with E-state index in [1.54, 1.807) is 20.8 Å². The molecule has 0 spiro atoms. The molecule has 0 aliphatic carbocycles. The van der Waals surface area contributed by atoms with Crippen molar-refractivity contribution in [2.75, 3.05) is 13.5 Å². The van der Waals surface area contributed by atoms with Gasteiger partial charge in [-0.05, 0) is 40.5 Å². The third-order valence-electron chi connectivity index (χ3n) is 8.04. The van der Waals surface area contributed by atoms with E-state index in [-0.39, 0.29) is 30.8 Å². The summed E-state index contributed by atoms with van der Waals surface area (Å²) in [6.45, 7) is 10.3. The van der Waals surface area contributed by atoms with E-state index in [2.05, 4.69) is 5.16 Å². The van der Waals surface area contributed by atoms with Gasteiger partial charge in [0.05, 0.1) is 14.4 Å². The van der Waals surface area contributed by atoms with E-state index >= 15 is 4.39 Å². The maximum absolute atomic E-state index is 15.6. The second-order valence-electron chi connectivity index (χ2n) is 11.0. The number of carbonyl (C=O) groups excluding carboxylic acids is 4. The van der Waals surface area contributed by atoms with Crippen molar-refractivity contribution in [3.63, 3.8) is 0 Å². The molecule has 0 bridgehead atoms. The molecule has 0 saturated carbocycles. The van der Waals surface area contributed by atoms with Crippen LogP contribution in [0.25, 0.3) is 0 Å². The Labute approximate surface area is 224 Å². The molecule has 1 unspecified atom stereocenters. The molecule has 0 aromatic rings. The Hall–Kier alpha value is -2.17. The highest BCUT2D eigenvalue weighted by atomic mass is 31.1. The maximum Gasteiger partial charge on any atom is 0.351 e. The molecule has 2 aliphatic rings. The van der Waals surface area contributed by atoms with E-state index in [0.717, 1.165) is 6.92 Å². The van der Waals surface area contributed by atoms with Crippen LogP contribution < -0.4 is 5.73 Å². The fourth-order valence-electron chi connectivity index (χ4n) is 5.78. The smallest absolute Gasteiger partial charge is 0.351 e. The van der Waals surface area contributed by atoms with Gasteiger partial charge in [0.2, 0.25) is 0 Å². The Kier molecular flexibility index (Phi) is 10.1. The van der Waals surface area contributed by atoms with Crippen molar-refractivity contribution in [3.05, 3.63) is 0 Å². The van der Waals surface area contributed by atoms with Gasteiger partial charge in [0.25, 0.3) is 5.67 Å². The molecule has 11 nitrogen and oxygen atoms in total. The number of Topliss-reactive ketones (excluding diaryl/α,β-unsaturated/α-hetero) is 2. The van der Waals surface area contributed by atoms with Gasteiger partial charge in [0.1, 0.15) is 17.8 Å². The lowest BCUT2D eigenvalue weighted by Gasteiger charge is -2.40. The molecule has 3 N–H and O–H groups in total. The van der Waals surface area contributed by atoms with Crippen LogP contribution in [0.4, 0.5) is 4.39 Å². The largest absolute Gasteiger partial charge is 0.456 e. The van der Waals surface area contributed by atoms with Crippen molar-refractivity contribution in [2.24, 2.45) is 40.5 Å². The molecular weight excluding hydrogens is 522 g/mol. The highest BCUT2D eigenvalue weighted by molar-refractivity contribution is 7.30. The van der Waals surface area contributed by atoms with Crippen LogP contribution >= 0.6 is 8.81 Å². The van der Waals surface area contributed by atoms with Gasteiger partial charge in [-0.2, -0.15) is 0 Å². The highest BCUT2D eigenvalue weighted by Crippen LogP contribution is 2.47. The summed E-state index contributed by atoms with van der Waals surface area (Å²) in [7, 11) is 0.864. The van der Waals surface area contributed by atoms with Gasteiger partial charge < -0.3 is 29.7 Å². The molecule has 2 heterocycles. The average Bonchev–Trinajstić information content (AvgIpc) is 3.12. The summed E-state index contributed by atoms with van der Waals surface area (Å²) >= 11 is 0. The van der Waals surface area contributed by atoms with E-state index in [1.807, 2.05) is 0 Å². The lowest BCUT2D eigenvalue weighted by atomic mass is 9.67. The number of alkyl halides is 1. The van der Waals surface area contributed by atoms with Gasteiger partial charge in [0.15, 0.2) is 23.6 Å². The van der Waals surface area contributed by atoms with E-state index in [4.69, 9.17) is 29.7 Å². The number of halogens is 1. The minimum Gasteiger partial charge on any atom is -0.456 e. The molecule has 13 heteroatoms. The number of oxime groups is 1. The molecule has 0 radical (unpaired) electrons. The number of hydrogen-bond donors (Lipinski definition) is 2. The standard InChI is InChI=1S/C25H40FN2O9P/c1-12-9-23(5,34-8)10-13(2)19(30)24(6,26)22(32)36-15(4)25(7)17(14(3)18(12)29)16(21(31)37-25)20(27)28-35-11-38-33/h12-17,33,38H,9-11H2,1-8H3,(H2,27,28)/t12-,13-,14-,15+,16-,17+,23-,24+,25+/m1/s1. The fraction of sp³-hybridized carbons (Fsp3) is 0.800. The molecule has 0 aromatic heterocycles.